The molecule has 0 aromatic carbocycles. The van der Waals surface area contributed by atoms with Crippen LogP contribution in [0.4, 0.5) is 5.82 Å². The second-order valence-corrected chi connectivity index (χ2v) is 7.71. The van der Waals surface area contributed by atoms with Gasteiger partial charge < -0.3 is 14.9 Å². The standard InChI is InChI=1S/C17H22N4O2S/c1-20(9-14(22)11-4-5-11)17(23)13-3-2-7-21(13)15-12-6-8-24-16(12)19-10-18-15/h6,8,10-11,13-14,22H,2-5,7,9H2,1H3/t13-,14+/m0/s1. The molecule has 0 radical (unpaired) electrons. The van der Waals surface area contributed by atoms with Crippen molar-refractivity contribution in [1.82, 2.24) is 14.9 Å². The molecule has 1 saturated carbocycles. The van der Waals surface area contributed by atoms with Crippen molar-refractivity contribution in [2.75, 3.05) is 25.0 Å². The summed E-state index contributed by atoms with van der Waals surface area (Å²) in [5.74, 6) is 1.31. The summed E-state index contributed by atoms with van der Waals surface area (Å²) >= 11 is 1.59. The Morgan fingerprint density at radius 1 is 1.46 bits per heavy atom. The van der Waals surface area contributed by atoms with Gasteiger partial charge in [0.1, 0.15) is 23.0 Å². The normalized spacial score (nSPS) is 22.1. The van der Waals surface area contributed by atoms with Crippen molar-refractivity contribution in [3.05, 3.63) is 17.8 Å². The first-order valence-electron chi connectivity index (χ1n) is 8.53. The lowest BCUT2D eigenvalue weighted by Gasteiger charge is -2.30. The van der Waals surface area contributed by atoms with Gasteiger partial charge in [-0.2, -0.15) is 0 Å². The molecule has 2 aliphatic rings. The largest absolute Gasteiger partial charge is 0.391 e. The van der Waals surface area contributed by atoms with Crippen molar-refractivity contribution >= 4 is 33.3 Å². The van der Waals surface area contributed by atoms with Crippen LogP contribution in [-0.4, -0.2) is 58.2 Å². The molecule has 6 nitrogen and oxygen atoms in total. The fraction of sp³-hybridized carbons (Fsp3) is 0.588. The van der Waals surface area contributed by atoms with Crippen LogP contribution in [0.3, 0.4) is 0 Å². The number of carbonyl (C=O) groups excluding carboxylic acids is 1. The van der Waals surface area contributed by atoms with Crippen molar-refractivity contribution in [3.63, 3.8) is 0 Å². The summed E-state index contributed by atoms with van der Waals surface area (Å²) in [6, 6.07) is 1.83. The molecule has 0 unspecified atom stereocenters. The number of aliphatic hydroxyl groups is 1. The third-order valence-corrected chi connectivity index (χ3v) is 5.87. The minimum Gasteiger partial charge on any atom is -0.391 e. The molecule has 1 saturated heterocycles. The summed E-state index contributed by atoms with van der Waals surface area (Å²) in [6.07, 6.45) is 5.15. The van der Waals surface area contributed by atoms with Crippen molar-refractivity contribution in [2.24, 2.45) is 5.92 Å². The number of hydrogen-bond acceptors (Lipinski definition) is 6. The number of amides is 1. The van der Waals surface area contributed by atoms with Gasteiger partial charge in [-0.25, -0.2) is 9.97 Å². The third-order valence-electron chi connectivity index (χ3n) is 5.05. The number of thiophene rings is 1. The summed E-state index contributed by atoms with van der Waals surface area (Å²) in [6.45, 7) is 1.25. The maximum absolute atomic E-state index is 12.9. The van der Waals surface area contributed by atoms with E-state index in [1.807, 2.05) is 11.4 Å². The van der Waals surface area contributed by atoms with E-state index in [2.05, 4.69) is 14.9 Å². The molecule has 2 aromatic rings. The van der Waals surface area contributed by atoms with Gasteiger partial charge in [-0.15, -0.1) is 11.3 Å². The Bertz CT molecular complexity index is 745. The lowest BCUT2D eigenvalue weighted by molar-refractivity contribution is -0.132. The van der Waals surface area contributed by atoms with Crippen LogP contribution < -0.4 is 4.90 Å². The maximum Gasteiger partial charge on any atom is 0.245 e. The average Bonchev–Trinajstić information content (AvgIpc) is 3.13. The molecule has 1 N–H and O–H groups in total. The number of nitrogens with zero attached hydrogens (tertiary/aromatic N) is 4. The predicted octanol–water partition coefficient (Wildman–Crippen LogP) is 1.89. The van der Waals surface area contributed by atoms with E-state index >= 15 is 0 Å². The van der Waals surface area contributed by atoms with E-state index in [0.717, 1.165) is 48.3 Å². The number of aromatic nitrogens is 2. The highest BCUT2D eigenvalue weighted by Gasteiger charge is 2.36. The number of hydrogen-bond donors (Lipinski definition) is 1. The van der Waals surface area contributed by atoms with Crippen LogP contribution in [-0.2, 0) is 4.79 Å². The molecule has 128 valence electrons. The van der Waals surface area contributed by atoms with E-state index in [0.29, 0.717) is 12.5 Å². The van der Waals surface area contributed by atoms with Crippen LogP contribution in [0.25, 0.3) is 10.2 Å². The Kier molecular flexibility index (Phi) is 4.14. The monoisotopic (exact) mass is 346 g/mol. The number of anilines is 1. The highest BCUT2D eigenvalue weighted by Crippen LogP contribution is 2.34. The topological polar surface area (TPSA) is 69.6 Å². The van der Waals surface area contributed by atoms with Crippen LogP contribution >= 0.6 is 11.3 Å². The van der Waals surface area contributed by atoms with E-state index in [1.165, 1.54) is 0 Å². The quantitative estimate of drug-likeness (QED) is 0.895. The molecule has 7 heteroatoms. The molecule has 2 fully saturated rings. The highest BCUT2D eigenvalue weighted by atomic mass is 32.1. The van der Waals surface area contributed by atoms with Gasteiger partial charge in [0, 0.05) is 20.1 Å². The summed E-state index contributed by atoms with van der Waals surface area (Å²) in [5, 5.41) is 13.1. The molecule has 2 aromatic heterocycles. The first-order valence-corrected chi connectivity index (χ1v) is 9.41. The molecule has 4 rings (SSSR count). The fourth-order valence-electron chi connectivity index (χ4n) is 3.54. The molecule has 2 atom stereocenters. The van der Waals surface area contributed by atoms with E-state index < -0.39 is 6.10 Å². The van der Waals surface area contributed by atoms with Gasteiger partial charge in [0.15, 0.2) is 0 Å². The van der Waals surface area contributed by atoms with Crippen molar-refractivity contribution in [2.45, 2.75) is 37.8 Å². The molecule has 3 heterocycles. The molecule has 0 spiro atoms. The summed E-state index contributed by atoms with van der Waals surface area (Å²) < 4.78 is 0. The average molecular weight is 346 g/mol. The number of fused-ring (bicyclic) bond motifs is 1. The van der Waals surface area contributed by atoms with Crippen molar-refractivity contribution in [1.29, 1.82) is 0 Å². The molecule has 24 heavy (non-hydrogen) atoms. The van der Waals surface area contributed by atoms with E-state index in [4.69, 9.17) is 0 Å². The zero-order valence-electron chi connectivity index (χ0n) is 13.8. The molecule has 0 bridgehead atoms. The summed E-state index contributed by atoms with van der Waals surface area (Å²) in [4.78, 5) is 26.4. The second-order valence-electron chi connectivity index (χ2n) is 6.81. The SMILES string of the molecule is CN(C[C@@H](O)C1CC1)C(=O)[C@@H]1CCCN1c1ncnc2sccc12. The lowest BCUT2D eigenvalue weighted by atomic mass is 10.1. The molecular formula is C17H22N4O2S. The van der Waals surface area contributed by atoms with E-state index in [-0.39, 0.29) is 11.9 Å². The molecule has 1 aliphatic carbocycles. The minimum absolute atomic E-state index is 0.0780. The Morgan fingerprint density at radius 2 is 2.29 bits per heavy atom. The Balaban J connectivity index is 1.53. The number of carbonyl (C=O) groups is 1. The van der Waals surface area contributed by atoms with Gasteiger partial charge in [0.05, 0.1) is 11.5 Å². The lowest BCUT2D eigenvalue weighted by Crippen LogP contribution is -2.47. The smallest absolute Gasteiger partial charge is 0.245 e. The number of rotatable bonds is 5. The van der Waals surface area contributed by atoms with Gasteiger partial charge in [-0.05, 0) is 43.0 Å². The second kappa shape index (κ2) is 6.29. The van der Waals surface area contributed by atoms with Crippen LogP contribution in [0, 0.1) is 5.92 Å². The van der Waals surface area contributed by atoms with Gasteiger partial charge >= 0.3 is 0 Å². The van der Waals surface area contributed by atoms with Gasteiger partial charge in [-0.3, -0.25) is 4.79 Å². The van der Waals surface area contributed by atoms with Crippen LogP contribution in [0.5, 0.6) is 0 Å². The highest BCUT2D eigenvalue weighted by molar-refractivity contribution is 7.16. The van der Waals surface area contributed by atoms with Crippen LogP contribution in [0.2, 0.25) is 0 Å². The Labute approximate surface area is 145 Å². The van der Waals surface area contributed by atoms with Crippen LogP contribution in [0.1, 0.15) is 25.7 Å². The van der Waals surface area contributed by atoms with E-state index in [9.17, 15) is 9.90 Å². The number of likely N-dealkylation sites (N-methyl/N-ethyl adjacent to an activating group) is 1. The fourth-order valence-corrected chi connectivity index (χ4v) is 4.27. The van der Waals surface area contributed by atoms with Crippen molar-refractivity contribution in [3.8, 4) is 0 Å². The van der Waals surface area contributed by atoms with Gasteiger partial charge in [-0.1, -0.05) is 0 Å². The first-order chi connectivity index (χ1) is 11.6. The first kappa shape index (κ1) is 15.8. The molecule has 1 aliphatic heterocycles. The zero-order valence-corrected chi connectivity index (χ0v) is 14.6. The Hall–Kier alpha value is -1.73. The summed E-state index contributed by atoms with van der Waals surface area (Å²) in [5.41, 5.74) is 0. The maximum atomic E-state index is 12.9. The van der Waals surface area contributed by atoms with Crippen LogP contribution in [0.15, 0.2) is 17.8 Å². The van der Waals surface area contributed by atoms with Gasteiger partial charge in [0.25, 0.3) is 0 Å². The van der Waals surface area contributed by atoms with Gasteiger partial charge in [0.2, 0.25) is 5.91 Å². The third kappa shape index (κ3) is 2.86. The molecule has 1 amide bonds. The number of aliphatic hydroxyl groups excluding tert-OH is 1. The summed E-state index contributed by atoms with van der Waals surface area (Å²) in [7, 11) is 1.80. The zero-order chi connectivity index (χ0) is 16.7. The van der Waals surface area contributed by atoms with E-state index in [1.54, 1.807) is 29.6 Å². The predicted molar refractivity (Wildman–Crippen MR) is 94.2 cm³/mol. The van der Waals surface area contributed by atoms with Crippen molar-refractivity contribution < 1.29 is 9.90 Å². The molecular weight excluding hydrogens is 324 g/mol. The Morgan fingerprint density at radius 3 is 3.08 bits per heavy atom. The minimum atomic E-state index is -0.392.